The van der Waals surface area contributed by atoms with Gasteiger partial charge in [0, 0.05) is 6.54 Å². The Hall–Kier alpha value is -2.47. The lowest BCUT2D eigenvalue weighted by atomic mass is 10.1. The third kappa shape index (κ3) is 3.54. The summed E-state index contributed by atoms with van der Waals surface area (Å²) in [5.41, 5.74) is 4.25. The minimum Gasteiger partial charge on any atom is -0.206 e. The quantitative estimate of drug-likeness (QED) is 0.617. The molecule has 1 saturated heterocycles. The van der Waals surface area contributed by atoms with Crippen LogP contribution in [0.5, 0.6) is 0 Å². The van der Waals surface area contributed by atoms with Gasteiger partial charge in [0.15, 0.2) is 0 Å². The molecule has 0 aliphatic carbocycles. The second kappa shape index (κ2) is 6.93. The molecule has 0 aromatic heterocycles. The predicted molar refractivity (Wildman–Crippen MR) is 106 cm³/mol. The third-order valence-electron chi connectivity index (χ3n) is 4.82. The van der Waals surface area contributed by atoms with Gasteiger partial charge in [-0.05, 0) is 37.1 Å². The summed E-state index contributed by atoms with van der Waals surface area (Å²) in [4.78, 5) is 0.320. The molecule has 0 radical (unpaired) electrons. The molecule has 27 heavy (non-hydrogen) atoms. The van der Waals surface area contributed by atoms with Crippen LogP contribution in [0, 0.1) is 13.8 Å². The second-order valence-electron chi connectivity index (χ2n) is 6.96. The van der Waals surface area contributed by atoms with E-state index in [1.165, 1.54) is 4.41 Å². The maximum atomic E-state index is 13.2. The highest BCUT2D eigenvalue weighted by Gasteiger charge is 2.54. The molecule has 1 heterocycles. The van der Waals surface area contributed by atoms with Crippen molar-refractivity contribution in [3.05, 3.63) is 101 Å². The van der Waals surface area contributed by atoms with E-state index in [1.807, 2.05) is 85.6 Å². The van der Waals surface area contributed by atoms with Crippen LogP contribution in [0.15, 0.2) is 83.8 Å². The monoisotopic (exact) mass is 378 g/mol. The Bertz CT molecular complexity index is 1030. The van der Waals surface area contributed by atoms with E-state index in [0.29, 0.717) is 11.4 Å². The largest absolute Gasteiger partial charge is 0.257 e. The number of hydrogen-bond acceptors (Lipinski definition) is 3. The van der Waals surface area contributed by atoms with Gasteiger partial charge in [-0.1, -0.05) is 77.9 Å². The molecule has 0 amide bonds. The predicted octanol–water partition coefficient (Wildman–Crippen LogP) is 4.42. The van der Waals surface area contributed by atoms with Gasteiger partial charge in [0.05, 0.1) is 4.90 Å². The summed E-state index contributed by atoms with van der Waals surface area (Å²) in [6.45, 7) is 4.52. The molecule has 3 aromatic carbocycles. The van der Waals surface area contributed by atoms with Crippen LogP contribution in [0.4, 0.5) is 0 Å². The molecule has 3 atom stereocenters. The van der Waals surface area contributed by atoms with Gasteiger partial charge >= 0.3 is 0 Å². The molecular formula is C22H22N2O2S. The maximum absolute atomic E-state index is 13.2. The number of nitrogens with zero attached hydrogens (tertiary/aromatic N) is 2. The van der Waals surface area contributed by atoms with Crippen LogP contribution >= 0.6 is 0 Å². The third-order valence-corrected chi connectivity index (χ3v) is 6.59. The highest BCUT2D eigenvalue weighted by Crippen LogP contribution is 2.47. The van der Waals surface area contributed by atoms with E-state index in [2.05, 4.69) is 0 Å². The van der Waals surface area contributed by atoms with Gasteiger partial charge in [-0.3, -0.25) is 0 Å². The minimum atomic E-state index is -3.60. The van der Waals surface area contributed by atoms with Crippen LogP contribution in [0.3, 0.4) is 0 Å². The zero-order valence-corrected chi connectivity index (χ0v) is 16.2. The van der Waals surface area contributed by atoms with Crippen molar-refractivity contribution in [3.8, 4) is 0 Å². The Morgan fingerprint density at radius 3 is 1.93 bits per heavy atom. The average molecular weight is 378 g/mol. The fourth-order valence-electron chi connectivity index (χ4n) is 3.24. The zero-order chi connectivity index (χ0) is 19.0. The van der Waals surface area contributed by atoms with Crippen LogP contribution in [-0.2, 0) is 16.6 Å². The molecule has 2 unspecified atom stereocenters. The van der Waals surface area contributed by atoms with Gasteiger partial charge in [0.1, 0.15) is 6.17 Å². The first-order chi connectivity index (χ1) is 13.0. The van der Waals surface area contributed by atoms with Gasteiger partial charge in [-0.25, -0.2) is 8.42 Å². The lowest BCUT2D eigenvalue weighted by Crippen LogP contribution is -2.17. The first-order valence-electron chi connectivity index (χ1n) is 8.95. The minimum absolute atomic E-state index is 0.280. The van der Waals surface area contributed by atoms with Gasteiger partial charge < -0.3 is 0 Å². The number of sulfonamides is 1. The number of hydrazine groups is 1. The van der Waals surface area contributed by atoms with Crippen LogP contribution in [0.2, 0.25) is 0 Å². The van der Waals surface area contributed by atoms with Crippen molar-refractivity contribution in [1.29, 1.82) is 0 Å². The first kappa shape index (κ1) is 17.9. The van der Waals surface area contributed by atoms with E-state index in [-0.39, 0.29) is 6.17 Å². The first-order valence-corrected chi connectivity index (χ1v) is 10.4. The Labute approximate surface area is 160 Å². The summed E-state index contributed by atoms with van der Waals surface area (Å²) in [5, 5.41) is 1.90. The molecule has 0 bridgehead atoms. The lowest BCUT2D eigenvalue weighted by Gasteiger charge is -2.07. The molecule has 1 aliphatic heterocycles. The Morgan fingerprint density at radius 1 is 0.778 bits per heavy atom. The Morgan fingerprint density at radius 2 is 1.33 bits per heavy atom. The summed E-state index contributed by atoms with van der Waals surface area (Å²) in [7, 11) is -3.60. The molecule has 3 aromatic rings. The van der Waals surface area contributed by atoms with Gasteiger partial charge in [-0.15, -0.1) is 4.41 Å². The number of benzene rings is 3. The highest BCUT2D eigenvalue weighted by atomic mass is 32.2. The Balaban J connectivity index is 1.69. The summed E-state index contributed by atoms with van der Waals surface area (Å²) >= 11 is 0. The smallest absolute Gasteiger partial charge is 0.206 e. The summed E-state index contributed by atoms with van der Waals surface area (Å²) in [6.07, 6.45) is -0.280. The van der Waals surface area contributed by atoms with E-state index in [1.54, 1.807) is 12.1 Å². The summed E-state index contributed by atoms with van der Waals surface area (Å²) in [5.74, 6) is 0. The van der Waals surface area contributed by atoms with Gasteiger partial charge in [0.25, 0.3) is 10.0 Å². The molecular weight excluding hydrogens is 356 g/mol. The normalized spacial score (nSPS) is 21.8. The molecule has 5 heteroatoms. The molecule has 4 rings (SSSR count). The van der Waals surface area contributed by atoms with Crippen molar-refractivity contribution >= 4 is 10.0 Å². The van der Waals surface area contributed by atoms with Gasteiger partial charge in [0.2, 0.25) is 0 Å². The number of rotatable bonds is 5. The highest BCUT2D eigenvalue weighted by molar-refractivity contribution is 7.89. The average Bonchev–Trinajstić information content (AvgIpc) is 3.38. The van der Waals surface area contributed by atoms with E-state index < -0.39 is 10.0 Å². The molecule has 0 saturated carbocycles. The fraction of sp³-hybridized carbons (Fsp3) is 0.182. The molecule has 1 aliphatic rings. The van der Waals surface area contributed by atoms with E-state index in [9.17, 15) is 8.42 Å². The van der Waals surface area contributed by atoms with Crippen molar-refractivity contribution in [2.24, 2.45) is 0 Å². The lowest BCUT2D eigenvalue weighted by molar-refractivity contribution is 0.391. The maximum Gasteiger partial charge on any atom is 0.257 e. The van der Waals surface area contributed by atoms with Crippen molar-refractivity contribution in [1.82, 2.24) is 9.42 Å². The Kier molecular flexibility index (Phi) is 4.60. The number of hydrogen-bond donors (Lipinski definition) is 0. The number of aryl methyl sites for hydroxylation is 2. The van der Waals surface area contributed by atoms with Crippen LogP contribution in [0.1, 0.15) is 28.4 Å². The second-order valence-corrected chi connectivity index (χ2v) is 8.75. The van der Waals surface area contributed by atoms with Crippen molar-refractivity contribution in [2.45, 2.75) is 31.5 Å². The van der Waals surface area contributed by atoms with Crippen LogP contribution in [0.25, 0.3) is 0 Å². The van der Waals surface area contributed by atoms with E-state index in [4.69, 9.17) is 0 Å². The summed E-state index contributed by atoms with van der Waals surface area (Å²) < 4.78 is 28.0. The SMILES string of the molecule is Cc1ccc([C@H]2N(Cc3ccccc3)N2S(=O)(=O)c2ccc(C)cc2)cc1. The van der Waals surface area contributed by atoms with Crippen LogP contribution in [-0.4, -0.2) is 17.8 Å². The standard InChI is InChI=1S/C22H22N2O2S/c1-17-8-12-20(13-9-17)22-23(16-19-6-4-3-5-7-19)24(22)27(25,26)21-14-10-18(2)11-15-21/h3-15,22H,16H2,1-2H3/t22-,23?,24?/m0/s1. The molecule has 0 spiro atoms. The fourth-order valence-corrected chi connectivity index (χ4v) is 4.81. The van der Waals surface area contributed by atoms with Gasteiger partial charge in [-0.2, -0.15) is 5.01 Å². The van der Waals surface area contributed by atoms with Crippen molar-refractivity contribution < 1.29 is 8.42 Å². The van der Waals surface area contributed by atoms with Crippen LogP contribution < -0.4 is 0 Å². The van der Waals surface area contributed by atoms with Crippen molar-refractivity contribution in [2.75, 3.05) is 0 Å². The summed E-state index contributed by atoms with van der Waals surface area (Å²) in [6, 6.07) is 25.0. The molecule has 4 nitrogen and oxygen atoms in total. The topological polar surface area (TPSA) is 40.2 Å². The zero-order valence-electron chi connectivity index (χ0n) is 15.4. The molecule has 138 valence electrons. The molecule has 0 N–H and O–H groups in total. The van der Waals surface area contributed by atoms with E-state index >= 15 is 0 Å². The van der Waals surface area contributed by atoms with Crippen molar-refractivity contribution in [3.63, 3.8) is 0 Å². The van der Waals surface area contributed by atoms with E-state index in [0.717, 1.165) is 22.3 Å². The molecule has 1 fully saturated rings.